The lowest BCUT2D eigenvalue weighted by Crippen LogP contribution is -2.36. The van der Waals surface area contributed by atoms with Crippen molar-refractivity contribution < 1.29 is 0 Å². The molecule has 0 fully saturated rings. The van der Waals surface area contributed by atoms with E-state index < -0.39 is 0 Å². The Morgan fingerprint density at radius 1 is 1.10 bits per heavy atom. The van der Waals surface area contributed by atoms with Crippen LogP contribution < -0.4 is 5.73 Å². The van der Waals surface area contributed by atoms with Crippen LogP contribution in [0.25, 0.3) is 10.9 Å². The van der Waals surface area contributed by atoms with Crippen molar-refractivity contribution in [1.82, 2.24) is 9.88 Å². The van der Waals surface area contributed by atoms with E-state index in [1.54, 1.807) is 0 Å². The van der Waals surface area contributed by atoms with Gasteiger partial charge in [0.25, 0.3) is 0 Å². The van der Waals surface area contributed by atoms with Crippen LogP contribution in [0, 0.1) is 5.41 Å². The van der Waals surface area contributed by atoms with Crippen LogP contribution in [-0.4, -0.2) is 30.0 Å². The van der Waals surface area contributed by atoms with Gasteiger partial charge in [0.2, 0.25) is 0 Å². The van der Waals surface area contributed by atoms with Crippen molar-refractivity contribution in [3.05, 3.63) is 42.1 Å². The van der Waals surface area contributed by atoms with Crippen molar-refractivity contribution >= 4 is 35.7 Å². The molecule has 0 amide bonds. The lowest BCUT2D eigenvalue weighted by molar-refractivity contribution is 0.208. The van der Waals surface area contributed by atoms with Gasteiger partial charge in [0, 0.05) is 18.5 Å². The predicted octanol–water partition coefficient (Wildman–Crippen LogP) is 3.50. The molecule has 0 unspecified atom stereocenters. The van der Waals surface area contributed by atoms with Gasteiger partial charge < -0.3 is 5.73 Å². The minimum absolute atomic E-state index is 0. The summed E-state index contributed by atoms with van der Waals surface area (Å²) in [6, 6.07) is 12.5. The average Bonchev–Trinajstić information content (AvgIpc) is 2.38. The molecule has 2 rings (SSSR count). The number of halogens is 2. The van der Waals surface area contributed by atoms with Gasteiger partial charge in [-0.3, -0.25) is 9.88 Å². The number of fused-ring (bicyclic) bond motifs is 1. The maximum absolute atomic E-state index is 5.78. The Kier molecular flexibility index (Phi) is 8.19. The first kappa shape index (κ1) is 20.1. The van der Waals surface area contributed by atoms with Crippen LogP contribution in [0.2, 0.25) is 0 Å². The molecule has 0 bridgehead atoms. The molecule has 5 heteroatoms. The molecular weight excluding hydrogens is 305 g/mol. The van der Waals surface area contributed by atoms with Gasteiger partial charge in [0.05, 0.1) is 11.2 Å². The molecule has 1 aromatic heterocycles. The molecule has 1 aromatic carbocycles. The number of aromatic nitrogens is 1. The van der Waals surface area contributed by atoms with Gasteiger partial charge in [0.1, 0.15) is 0 Å². The Hall–Kier alpha value is -0.870. The van der Waals surface area contributed by atoms with E-state index in [4.69, 9.17) is 10.7 Å². The van der Waals surface area contributed by atoms with Gasteiger partial charge in [-0.25, -0.2) is 0 Å². The van der Waals surface area contributed by atoms with Gasteiger partial charge in [-0.05, 0) is 31.1 Å². The predicted molar refractivity (Wildman–Crippen MR) is 95.4 cm³/mol. The van der Waals surface area contributed by atoms with Crippen LogP contribution in [0.4, 0.5) is 0 Å². The number of pyridine rings is 1. The van der Waals surface area contributed by atoms with Gasteiger partial charge >= 0.3 is 0 Å². The summed E-state index contributed by atoms with van der Waals surface area (Å²) in [7, 11) is 2.12. The highest BCUT2D eigenvalue weighted by molar-refractivity contribution is 5.85. The van der Waals surface area contributed by atoms with Crippen molar-refractivity contribution in [3.8, 4) is 0 Å². The zero-order chi connectivity index (χ0) is 13.9. The van der Waals surface area contributed by atoms with Crippen LogP contribution in [0.3, 0.4) is 0 Å². The monoisotopic (exact) mass is 329 g/mol. The first-order chi connectivity index (χ1) is 9.00. The van der Waals surface area contributed by atoms with Gasteiger partial charge in [0.15, 0.2) is 0 Å². The Bertz CT molecular complexity index is 558. The number of para-hydroxylation sites is 1. The first-order valence-corrected chi connectivity index (χ1v) is 6.73. The zero-order valence-corrected chi connectivity index (χ0v) is 14.5. The average molecular weight is 330 g/mol. The molecule has 3 nitrogen and oxygen atoms in total. The summed E-state index contributed by atoms with van der Waals surface area (Å²) in [6.07, 6.45) is 0. The fourth-order valence-electron chi connectivity index (χ4n) is 2.32. The summed E-state index contributed by atoms with van der Waals surface area (Å²) >= 11 is 0. The Morgan fingerprint density at radius 2 is 1.76 bits per heavy atom. The highest BCUT2D eigenvalue weighted by Crippen LogP contribution is 2.16. The van der Waals surface area contributed by atoms with E-state index in [1.165, 1.54) is 5.39 Å². The van der Waals surface area contributed by atoms with Gasteiger partial charge in [-0.1, -0.05) is 38.1 Å². The van der Waals surface area contributed by atoms with E-state index in [0.29, 0.717) is 6.54 Å². The third kappa shape index (κ3) is 5.79. The molecule has 1 heterocycles. The number of nitrogens with zero attached hydrogens (tertiary/aromatic N) is 2. The summed E-state index contributed by atoms with van der Waals surface area (Å²) in [6.45, 7) is 6.91. The molecular formula is C16H25Cl2N3. The second-order valence-electron chi connectivity index (χ2n) is 6.04. The number of hydrogen-bond acceptors (Lipinski definition) is 3. The van der Waals surface area contributed by atoms with E-state index in [1.807, 2.05) is 12.1 Å². The highest BCUT2D eigenvalue weighted by Gasteiger charge is 2.18. The van der Waals surface area contributed by atoms with Crippen LogP contribution in [0.1, 0.15) is 19.5 Å². The van der Waals surface area contributed by atoms with E-state index in [9.17, 15) is 0 Å². The minimum Gasteiger partial charge on any atom is -0.330 e. The van der Waals surface area contributed by atoms with Crippen molar-refractivity contribution in [2.75, 3.05) is 20.1 Å². The minimum atomic E-state index is 0. The zero-order valence-electron chi connectivity index (χ0n) is 12.9. The fourth-order valence-corrected chi connectivity index (χ4v) is 2.32. The molecule has 0 saturated carbocycles. The lowest BCUT2D eigenvalue weighted by atomic mass is 9.93. The summed E-state index contributed by atoms with van der Waals surface area (Å²) in [4.78, 5) is 6.98. The smallest absolute Gasteiger partial charge is 0.0705 e. The standard InChI is InChI=1S/C16H23N3.2ClH/c1-16(2,11-17)12-19(3)10-14-9-8-13-6-4-5-7-15(13)18-14;;/h4-9H,10-12,17H2,1-3H3;2*1H. The molecule has 0 aliphatic heterocycles. The highest BCUT2D eigenvalue weighted by atomic mass is 35.5. The van der Waals surface area contributed by atoms with E-state index in [2.05, 4.69) is 50.1 Å². The number of hydrogen-bond donors (Lipinski definition) is 1. The SMILES string of the molecule is CN(Cc1ccc2ccccc2n1)CC(C)(C)CN.Cl.Cl. The molecule has 118 valence electrons. The van der Waals surface area contributed by atoms with Crippen molar-refractivity contribution in [3.63, 3.8) is 0 Å². The fraction of sp³-hybridized carbons (Fsp3) is 0.438. The van der Waals surface area contributed by atoms with E-state index in [-0.39, 0.29) is 30.2 Å². The molecule has 0 spiro atoms. The molecule has 0 atom stereocenters. The number of nitrogens with two attached hydrogens (primary N) is 1. The van der Waals surface area contributed by atoms with Crippen molar-refractivity contribution in [2.24, 2.45) is 11.1 Å². The molecule has 21 heavy (non-hydrogen) atoms. The summed E-state index contributed by atoms with van der Waals surface area (Å²) in [5.74, 6) is 0. The Labute approximate surface area is 139 Å². The quantitative estimate of drug-likeness (QED) is 0.912. The molecule has 2 aromatic rings. The first-order valence-electron chi connectivity index (χ1n) is 6.73. The number of benzene rings is 1. The number of rotatable bonds is 5. The van der Waals surface area contributed by atoms with Crippen LogP contribution in [0.15, 0.2) is 36.4 Å². The van der Waals surface area contributed by atoms with E-state index in [0.717, 1.165) is 24.3 Å². The molecule has 0 aliphatic carbocycles. The van der Waals surface area contributed by atoms with Crippen LogP contribution in [0.5, 0.6) is 0 Å². The second kappa shape index (κ2) is 8.54. The third-order valence-electron chi connectivity index (χ3n) is 3.34. The largest absolute Gasteiger partial charge is 0.330 e. The maximum Gasteiger partial charge on any atom is 0.0705 e. The topological polar surface area (TPSA) is 42.2 Å². The van der Waals surface area contributed by atoms with Crippen LogP contribution >= 0.6 is 24.8 Å². The van der Waals surface area contributed by atoms with Crippen LogP contribution in [-0.2, 0) is 6.54 Å². The molecule has 0 saturated heterocycles. The summed E-state index contributed by atoms with van der Waals surface area (Å²) < 4.78 is 0. The lowest BCUT2D eigenvalue weighted by Gasteiger charge is -2.28. The molecule has 0 radical (unpaired) electrons. The van der Waals surface area contributed by atoms with Crippen molar-refractivity contribution in [1.29, 1.82) is 0 Å². The Morgan fingerprint density at radius 3 is 2.43 bits per heavy atom. The van der Waals surface area contributed by atoms with Gasteiger partial charge in [-0.2, -0.15) is 0 Å². The summed E-state index contributed by atoms with van der Waals surface area (Å²) in [5.41, 5.74) is 8.09. The molecule has 0 aliphatic rings. The summed E-state index contributed by atoms with van der Waals surface area (Å²) in [5, 5.41) is 1.19. The van der Waals surface area contributed by atoms with Crippen molar-refractivity contribution in [2.45, 2.75) is 20.4 Å². The van der Waals surface area contributed by atoms with E-state index >= 15 is 0 Å². The molecule has 2 N–H and O–H groups in total. The maximum atomic E-state index is 5.78. The normalized spacial score (nSPS) is 11.1. The third-order valence-corrected chi connectivity index (χ3v) is 3.34. The second-order valence-corrected chi connectivity index (χ2v) is 6.04. The van der Waals surface area contributed by atoms with Gasteiger partial charge in [-0.15, -0.1) is 24.8 Å². The Balaban J connectivity index is 0.00000200.